The van der Waals surface area contributed by atoms with Crippen LogP contribution in [0.2, 0.25) is 10.0 Å². The van der Waals surface area contributed by atoms with Crippen LogP contribution in [0.3, 0.4) is 0 Å². The van der Waals surface area contributed by atoms with Gasteiger partial charge in [-0.25, -0.2) is 0 Å². The minimum atomic E-state index is -0.342. The van der Waals surface area contributed by atoms with Crippen molar-refractivity contribution in [3.05, 3.63) is 63.6 Å². The van der Waals surface area contributed by atoms with Crippen molar-refractivity contribution in [1.82, 2.24) is 14.8 Å². The number of nitrogens with zero attached hydrogens (tertiary/aromatic N) is 3. The molecule has 27 heavy (non-hydrogen) atoms. The highest BCUT2D eigenvalue weighted by molar-refractivity contribution is 6.36. The van der Waals surface area contributed by atoms with Crippen LogP contribution in [0.5, 0.6) is 6.01 Å². The van der Waals surface area contributed by atoms with Gasteiger partial charge in [-0.2, -0.15) is 9.67 Å². The van der Waals surface area contributed by atoms with Gasteiger partial charge < -0.3 is 9.47 Å². The molecule has 2 aromatic carbocycles. The molecule has 0 aliphatic carbocycles. The lowest BCUT2D eigenvalue weighted by molar-refractivity contribution is 0.0943. The van der Waals surface area contributed by atoms with Gasteiger partial charge in [0.2, 0.25) is 0 Å². The van der Waals surface area contributed by atoms with Gasteiger partial charge >= 0.3 is 6.01 Å². The standard InChI is InChI=1S/C19H17Cl2N3O3/c1-12-3-5-13(6-4-12)18(25)24-17(15-8-7-14(20)11-16(15)21)22-19(23-24)27-10-9-26-2/h3-8,11H,9-10H2,1-2H3. The summed E-state index contributed by atoms with van der Waals surface area (Å²) < 4.78 is 11.6. The Hall–Kier alpha value is -2.41. The van der Waals surface area contributed by atoms with Crippen molar-refractivity contribution < 1.29 is 14.3 Å². The van der Waals surface area contributed by atoms with E-state index in [4.69, 9.17) is 32.7 Å². The second kappa shape index (κ2) is 8.52. The Bertz CT molecular complexity index is 955. The molecule has 0 radical (unpaired) electrons. The normalized spacial score (nSPS) is 10.8. The first-order valence-corrected chi connectivity index (χ1v) is 8.91. The van der Waals surface area contributed by atoms with Crippen LogP contribution in [0.4, 0.5) is 0 Å². The van der Waals surface area contributed by atoms with E-state index in [1.807, 2.05) is 19.1 Å². The molecule has 0 unspecified atom stereocenters. The van der Waals surface area contributed by atoms with Crippen LogP contribution < -0.4 is 4.74 Å². The van der Waals surface area contributed by atoms with Gasteiger partial charge in [-0.3, -0.25) is 4.79 Å². The smallest absolute Gasteiger partial charge is 0.336 e. The Kier molecular flexibility index (Phi) is 6.11. The summed E-state index contributed by atoms with van der Waals surface area (Å²) in [6.45, 7) is 2.58. The van der Waals surface area contributed by atoms with Crippen molar-refractivity contribution in [1.29, 1.82) is 0 Å². The first kappa shape index (κ1) is 19.4. The molecule has 3 aromatic rings. The van der Waals surface area contributed by atoms with Gasteiger partial charge in [-0.05, 0) is 37.3 Å². The number of ether oxygens (including phenoxy) is 2. The van der Waals surface area contributed by atoms with Crippen molar-refractivity contribution in [2.24, 2.45) is 0 Å². The number of carbonyl (C=O) groups excluding carboxylic acids is 1. The van der Waals surface area contributed by atoms with E-state index in [2.05, 4.69) is 10.1 Å². The van der Waals surface area contributed by atoms with Gasteiger partial charge in [0, 0.05) is 23.3 Å². The van der Waals surface area contributed by atoms with Crippen LogP contribution >= 0.6 is 23.2 Å². The van der Waals surface area contributed by atoms with E-state index in [1.54, 1.807) is 37.4 Å². The van der Waals surface area contributed by atoms with Crippen molar-refractivity contribution in [2.45, 2.75) is 6.92 Å². The zero-order valence-electron chi connectivity index (χ0n) is 14.8. The molecule has 0 fully saturated rings. The molecule has 0 aliphatic heterocycles. The molecule has 3 rings (SSSR count). The lowest BCUT2D eigenvalue weighted by Crippen LogP contribution is -2.15. The van der Waals surface area contributed by atoms with Gasteiger partial charge in [-0.15, -0.1) is 5.10 Å². The molecule has 1 heterocycles. The average Bonchev–Trinajstić information content (AvgIpc) is 3.06. The minimum absolute atomic E-state index is 0.0635. The number of methoxy groups -OCH3 is 1. The summed E-state index contributed by atoms with van der Waals surface area (Å²) >= 11 is 12.3. The Morgan fingerprint density at radius 1 is 1.11 bits per heavy atom. The fourth-order valence-corrected chi connectivity index (χ4v) is 2.87. The summed E-state index contributed by atoms with van der Waals surface area (Å²) in [7, 11) is 1.56. The van der Waals surface area contributed by atoms with Crippen molar-refractivity contribution in [2.75, 3.05) is 20.3 Å². The average molecular weight is 406 g/mol. The summed E-state index contributed by atoms with van der Waals surface area (Å²) in [5.74, 6) is -0.0697. The summed E-state index contributed by atoms with van der Waals surface area (Å²) in [6, 6.07) is 12.2. The Balaban J connectivity index is 2.04. The zero-order chi connectivity index (χ0) is 19.4. The van der Waals surface area contributed by atoms with Gasteiger partial charge in [-0.1, -0.05) is 40.9 Å². The quantitative estimate of drug-likeness (QED) is 0.572. The number of aromatic nitrogens is 3. The molecule has 0 saturated carbocycles. The van der Waals surface area contributed by atoms with Crippen LogP contribution in [0.25, 0.3) is 11.4 Å². The molecule has 6 nitrogen and oxygen atoms in total. The summed E-state index contributed by atoms with van der Waals surface area (Å²) in [4.78, 5) is 17.3. The SMILES string of the molecule is COCCOc1nc(-c2ccc(Cl)cc2Cl)n(C(=O)c2ccc(C)cc2)n1. The molecule has 0 atom stereocenters. The summed E-state index contributed by atoms with van der Waals surface area (Å²) in [5.41, 5.74) is 2.05. The third kappa shape index (κ3) is 4.47. The number of carbonyl (C=O) groups is 1. The predicted octanol–water partition coefficient (Wildman–Crippen LogP) is 4.27. The van der Waals surface area contributed by atoms with Crippen LogP contribution in [0, 0.1) is 6.92 Å². The first-order chi connectivity index (χ1) is 13.0. The molecular formula is C19H17Cl2N3O3. The monoisotopic (exact) mass is 405 g/mol. The highest BCUT2D eigenvalue weighted by Gasteiger charge is 2.21. The maximum absolute atomic E-state index is 13.0. The third-order valence-electron chi connectivity index (χ3n) is 3.77. The predicted molar refractivity (Wildman–Crippen MR) is 104 cm³/mol. The van der Waals surface area contributed by atoms with Crippen molar-refractivity contribution in [3.8, 4) is 17.4 Å². The number of aryl methyl sites for hydroxylation is 1. The molecule has 0 bridgehead atoms. The Labute approximate surface area is 166 Å². The lowest BCUT2D eigenvalue weighted by Gasteiger charge is -2.07. The van der Waals surface area contributed by atoms with Crippen molar-refractivity contribution >= 4 is 29.1 Å². The van der Waals surface area contributed by atoms with Crippen molar-refractivity contribution in [3.63, 3.8) is 0 Å². The molecular weight excluding hydrogens is 389 g/mol. The van der Waals surface area contributed by atoms with E-state index >= 15 is 0 Å². The van der Waals surface area contributed by atoms with Gasteiger partial charge in [0.25, 0.3) is 5.91 Å². The van der Waals surface area contributed by atoms with E-state index in [-0.39, 0.29) is 24.3 Å². The van der Waals surface area contributed by atoms with Crippen LogP contribution in [0.1, 0.15) is 15.9 Å². The molecule has 0 saturated heterocycles. The molecule has 0 amide bonds. The fourth-order valence-electron chi connectivity index (χ4n) is 2.38. The maximum atomic E-state index is 13.0. The van der Waals surface area contributed by atoms with E-state index in [1.165, 1.54) is 4.68 Å². The summed E-state index contributed by atoms with van der Waals surface area (Å²) in [5, 5.41) is 5.05. The second-order valence-corrected chi connectivity index (χ2v) is 6.61. The highest BCUT2D eigenvalue weighted by atomic mass is 35.5. The van der Waals surface area contributed by atoms with Gasteiger partial charge in [0.15, 0.2) is 5.82 Å². The highest BCUT2D eigenvalue weighted by Crippen LogP contribution is 2.30. The van der Waals surface area contributed by atoms with E-state index in [9.17, 15) is 4.79 Å². The number of hydrogen-bond donors (Lipinski definition) is 0. The number of rotatable bonds is 6. The van der Waals surface area contributed by atoms with Gasteiger partial charge in [0.1, 0.15) is 6.61 Å². The zero-order valence-corrected chi connectivity index (χ0v) is 16.3. The third-order valence-corrected chi connectivity index (χ3v) is 4.32. The Morgan fingerprint density at radius 3 is 2.52 bits per heavy atom. The first-order valence-electron chi connectivity index (χ1n) is 8.15. The van der Waals surface area contributed by atoms with E-state index in [0.717, 1.165) is 5.56 Å². The summed E-state index contributed by atoms with van der Waals surface area (Å²) in [6.07, 6.45) is 0. The van der Waals surface area contributed by atoms with Gasteiger partial charge in [0.05, 0.1) is 11.6 Å². The molecule has 0 aliphatic rings. The van der Waals surface area contributed by atoms with E-state index < -0.39 is 0 Å². The largest absolute Gasteiger partial charge is 0.460 e. The minimum Gasteiger partial charge on any atom is -0.460 e. The Morgan fingerprint density at radius 2 is 1.85 bits per heavy atom. The molecule has 140 valence electrons. The topological polar surface area (TPSA) is 66.2 Å². The van der Waals surface area contributed by atoms with E-state index in [0.29, 0.717) is 27.8 Å². The fraction of sp³-hybridized carbons (Fsp3) is 0.211. The van der Waals surface area contributed by atoms with Crippen LogP contribution in [-0.4, -0.2) is 41.0 Å². The van der Waals surface area contributed by atoms with Crippen LogP contribution in [-0.2, 0) is 4.74 Å². The molecule has 0 N–H and O–H groups in total. The number of hydrogen-bond acceptors (Lipinski definition) is 5. The molecule has 0 spiro atoms. The second-order valence-electron chi connectivity index (χ2n) is 5.77. The van der Waals surface area contributed by atoms with Crippen LogP contribution in [0.15, 0.2) is 42.5 Å². The number of benzene rings is 2. The lowest BCUT2D eigenvalue weighted by atomic mass is 10.1. The molecule has 1 aromatic heterocycles. The molecule has 8 heteroatoms. The maximum Gasteiger partial charge on any atom is 0.336 e. The number of halogens is 2.